The molecule has 14 heteroatoms. The summed E-state index contributed by atoms with van der Waals surface area (Å²) in [5.74, 6) is -0.551. The number of fused-ring (bicyclic) bond motifs is 4. The Labute approximate surface area is 268 Å². The molecule has 0 N–H and O–H groups in total. The highest BCUT2D eigenvalue weighted by molar-refractivity contribution is 7.96. The summed E-state index contributed by atoms with van der Waals surface area (Å²) in [4.78, 5) is 30.8. The zero-order valence-corrected chi connectivity index (χ0v) is 28.2. The first-order valence-corrected chi connectivity index (χ1v) is 18.3. The van der Waals surface area contributed by atoms with Gasteiger partial charge in [-0.1, -0.05) is 48.5 Å². The molecule has 3 aromatic rings. The van der Waals surface area contributed by atoms with Crippen molar-refractivity contribution in [1.82, 2.24) is 14.7 Å². The molecule has 2 heterocycles. The molecule has 11 nitrogen and oxygen atoms in total. The topological polar surface area (TPSA) is 134 Å². The second-order valence-corrected chi connectivity index (χ2v) is 16.9. The van der Waals surface area contributed by atoms with Crippen LogP contribution < -0.4 is 0 Å². The Morgan fingerprint density at radius 2 is 1.62 bits per heavy atom. The fourth-order valence-corrected chi connectivity index (χ4v) is 10.7. The molecule has 45 heavy (non-hydrogen) atoms. The van der Waals surface area contributed by atoms with Gasteiger partial charge in [-0.15, -0.1) is 15.7 Å². The average Bonchev–Trinajstić information content (AvgIpc) is 3.60. The molecule has 0 unspecified atom stereocenters. The van der Waals surface area contributed by atoms with Crippen LogP contribution >= 0.6 is 11.3 Å². The van der Waals surface area contributed by atoms with Gasteiger partial charge in [0.05, 0.1) is 11.3 Å². The van der Waals surface area contributed by atoms with Gasteiger partial charge in [0.1, 0.15) is 27.9 Å². The average molecular weight is 673 g/mol. The Morgan fingerprint density at radius 3 is 2.20 bits per heavy atom. The molecule has 1 aromatic heterocycles. The number of ether oxygens (including phenoxy) is 1. The van der Waals surface area contributed by atoms with E-state index in [1.54, 1.807) is 27.9 Å². The van der Waals surface area contributed by atoms with Crippen LogP contribution in [0.4, 0.5) is 4.79 Å². The van der Waals surface area contributed by atoms with Gasteiger partial charge in [0, 0.05) is 39.2 Å². The summed E-state index contributed by atoms with van der Waals surface area (Å²) >= 11 is 0.645. The minimum atomic E-state index is -4.17. The SMILES string of the molecule is CCN(C(=O)CN(C)C(=O)OCC1c2ccccc2-c2ccccc21)[C@H]1C[C@H](C)S(=O)(=O)c2sc(S(=O)(=O)N=CN(C)C)cc21. The highest BCUT2D eigenvalue weighted by Gasteiger charge is 2.43. The summed E-state index contributed by atoms with van der Waals surface area (Å²) in [7, 11) is -3.28. The van der Waals surface area contributed by atoms with Gasteiger partial charge in [-0.2, -0.15) is 8.42 Å². The van der Waals surface area contributed by atoms with Crippen LogP contribution in [0.2, 0.25) is 0 Å². The van der Waals surface area contributed by atoms with Crippen LogP contribution in [0.5, 0.6) is 0 Å². The molecule has 2 aromatic carbocycles. The first kappa shape index (κ1) is 32.6. The van der Waals surface area contributed by atoms with Crippen molar-refractivity contribution in [2.45, 2.75) is 45.9 Å². The maximum atomic E-state index is 13.6. The first-order chi connectivity index (χ1) is 21.3. The number of nitrogens with zero attached hydrogens (tertiary/aromatic N) is 4. The number of thiophene rings is 1. The first-order valence-electron chi connectivity index (χ1n) is 14.5. The third kappa shape index (κ3) is 6.23. The standard InChI is InChI=1S/C31H36N4O7S3/c1-6-35(27-15-20(2)44(38,39)30-25(27)16-29(43-30)45(40,41)32-19-33(3)4)28(36)17-34(5)31(37)42-18-26-23-13-9-7-11-21(23)22-12-8-10-14-24(22)26/h7-14,16,19-20,26-27H,6,15,17-18H2,1-5H3/t20-,27-/m0/s1. The van der Waals surface area contributed by atoms with Crippen molar-refractivity contribution < 1.29 is 31.2 Å². The number of hydrogen-bond donors (Lipinski definition) is 0. The molecule has 0 bridgehead atoms. The molecule has 240 valence electrons. The van der Waals surface area contributed by atoms with Crippen molar-refractivity contribution in [3.8, 4) is 11.1 Å². The van der Waals surface area contributed by atoms with Crippen molar-refractivity contribution in [2.24, 2.45) is 4.40 Å². The highest BCUT2D eigenvalue weighted by Crippen LogP contribution is 2.46. The van der Waals surface area contributed by atoms with Crippen molar-refractivity contribution in [2.75, 3.05) is 40.8 Å². The molecule has 2 amide bonds. The number of hydrogen-bond acceptors (Lipinski definition) is 8. The third-order valence-corrected chi connectivity index (χ3v) is 13.7. The van der Waals surface area contributed by atoms with Gasteiger partial charge >= 0.3 is 6.09 Å². The van der Waals surface area contributed by atoms with E-state index in [-0.39, 0.29) is 46.0 Å². The van der Waals surface area contributed by atoms with E-state index in [1.165, 1.54) is 27.8 Å². The highest BCUT2D eigenvalue weighted by atomic mass is 32.3. The molecule has 2 atom stereocenters. The Morgan fingerprint density at radius 1 is 1.02 bits per heavy atom. The molecular formula is C31H36N4O7S3. The number of carbonyl (C=O) groups is 2. The Kier molecular flexibility index (Phi) is 9.11. The van der Waals surface area contributed by atoms with Gasteiger partial charge in [0.15, 0.2) is 9.84 Å². The van der Waals surface area contributed by atoms with Crippen LogP contribution in [-0.2, 0) is 29.4 Å². The summed E-state index contributed by atoms with van der Waals surface area (Å²) < 4.78 is 61.3. The molecule has 0 fully saturated rings. The van der Waals surface area contributed by atoms with E-state index in [9.17, 15) is 26.4 Å². The minimum Gasteiger partial charge on any atom is -0.448 e. The van der Waals surface area contributed by atoms with Gasteiger partial charge in [-0.3, -0.25) is 4.79 Å². The number of rotatable bonds is 9. The lowest BCUT2D eigenvalue weighted by Crippen LogP contribution is -2.45. The van der Waals surface area contributed by atoms with Crippen LogP contribution in [0.25, 0.3) is 11.1 Å². The van der Waals surface area contributed by atoms with E-state index in [4.69, 9.17) is 4.74 Å². The second kappa shape index (κ2) is 12.6. The number of benzene rings is 2. The molecule has 0 radical (unpaired) electrons. The predicted octanol–water partition coefficient (Wildman–Crippen LogP) is 4.36. The van der Waals surface area contributed by atoms with E-state index in [0.29, 0.717) is 11.3 Å². The molecule has 1 aliphatic carbocycles. The van der Waals surface area contributed by atoms with Crippen LogP contribution in [0.1, 0.15) is 48.9 Å². The summed E-state index contributed by atoms with van der Waals surface area (Å²) in [5, 5.41) is -0.851. The van der Waals surface area contributed by atoms with Gasteiger partial charge in [-0.05, 0) is 48.6 Å². The lowest BCUT2D eigenvalue weighted by Gasteiger charge is -2.36. The van der Waals surface area contributed by atoms with Gasteiger partial charge in [0.2, 0.25) is 5.91 Å². The smallest absolute Gasteiger partial charge is 0.409 e. The second-order valence-electron chi connectivity index (χ2n) is 11.4. The third-order valence-electron chi connectivity index (χ3n) is 8.13. The lowest BCUT2D eigenvalue weighted by molar-refractivity contribution is -0.134. The van der Waals surface area contributed by atoms with Crippen LogP contribution in [-0.4, -0.2) is 96.0 Å². The summed E-state index contributed by atoms with van der Waals surface area (Å²) in [6, 6.07) is 16.6. The Balaban J connectivity index is 1.32. The van der Waals surface area contributed by atoms with Crippen LogP contribution in [0.15, 0.2) is 67.4 Å². The summed E-state index contributed by atoms with van der Waals surface area (Å²) in [5.41, 5.74) is 4.60. The number of sulfonamides is 1. The van der Waals surface area contributed by atoms with E-state index >= 15 is 0 Å². The maximum Gasteiger partial charge on any atom is 0.409 e. The van der Waals surface area contributed by atoms with Crippen LogP contribution in [0, 0.1) is 0 Å². The van der Waals surface area contributed by atoms with Crippen molar-refractivity contribution in [1.29, 1.82) is 0 Å². The van der Waals surface area contributed by atoms with Gasteiger partial charge in [-0.25, -0.2) is 13.2 Å². The van der Waals surface area contributed by atoms with E-state index in [0.717, 1.165) is 28.6 Å². The quantitative estimate of drug-likeness (QED) is 0.242. The minimum absolute atomic E-state index is 0.0824. The normalized spacial score (nSPS) is 18.6. The number of carbonyl (C=O) groups excluding carboxylic acids is 2. The van der Waals surface area contributed by atoms with Crippen molar-refractivity contribution in [3.05, 3.63) is 71.3 Å². The zero-order chi connectivity index (χ0) is 32.7. The van der Waals surface area contributed by atoms with E-state index < -0.39 is 43.2 Å². The van der Waals surface area contributed by atoms with Gasteiger partial charge < -0.3 is 19.4 Å². The molecule has 5 rings (SSSR count). The van der Waals surface area contributed by atoms with Crippen LogP contribution in [0.3, 0.4) is 0 Å². The fourth-order valence-electron chi connectivity index (χ4n) is 5.83. The van der Waals surface area contributed by atoms with Crippen molar-refractivity contribution >= 4 is 49.5 Å². The molecular weight excluding hydrogens is 637 g/mol. The molecule has 1 aliphatic heterocycles. The van der Waals surface area contributed by atoms with E-state index in [1.807, 2.05) is 48.5 Å². The summed E-state index contributed by atoms with van der Waals surface area (Å²) in [6.45, 7) is 3.31. The van der Waals surface area contributed by atoms with Gasteiger partial charge in [0.25, 0.3) is 10.0 Å². The molecule has 0 saturated heterocycles. The summed E-state index contributed by atoms with van der Waals surface area (Å²) in [6.07, 6.45) is 0.550. The largest absolute Gasteiger partial charge is 0.448 e. The zero-order valence-electron chi connectivity index (χ0n) is 25.7. The monoisotopic (exact) mass is 672 g/mol. The number of likely N-dealkylation sites (N-methyl/N-ethyl adjacent to an activating group) is 2. The molecule has 0 spiro atoms. The van der Waals surface area contributed by atoms with Crippen molar-refractivity contribution in [3.63, 3.8) is 0 Å². The van der Waals surface area contributed by atoms with E-state index in [2.05, 4.69) is 4.40 Å². The Hall–Kier alpha value is -3.75. The molecule has 2 aliphatic rings. The molecule has 0 saturated carbocycles. The Bertz CT molecular complexity index is 1820. The lowest BCUT2D eigenvalue weighted by atomic mass is 9.98. The number of amides is 2. The predicted molar refractivity (Wildman–Crippen MR) is 173 cm³/mol. The maximum absolute atomic E-state index is 13.6. The number of sulfone groups is 1. The fraction of sp³-hybridized carbons (Fsp3) is 0.387.